The van der Waals surface area contributed by atoms with Crippen LogP contribution in [0.5, 0.6) is 0 Å². The largest absolute Gasteiger partial charge is 0.480 e. The lowest BCUT2D eigenvalue weighted by atomic mass is 9.97. The maximum atomic E-state index is 12.5. The van der Waals surface area contributed by atoms with E-state index in [4.69, 9.17) is 5.73 Å². The molecule has 0 heterocycles. The van der Waals surface area contributed by atoms with E-state index in [0.29, 0.717) is 12.8 Å². The van der Waals surface area contributed by atoms with E-state index in [1.54, 1.807) is 13.8 Å². The summed E-state index contributed by atoms with van der Waals surface area (Å²) in [6, 6.07) is -2.81. The van der Waals surface area contributed by atoms with Gasteiger partial charge in [0.1, 0.15) is 18.1 Å². The third-order valence-corrected chi connectivity index (χ3v) is 4.53. The van der Waals surface area contributed by atoms with Crippen molar-refractivity contribution in [2.24, 2.45) is 17.6 Å². The fraction of sp³-hybridized carbons (Fsp3) is 0.765. The first kappa shape index (κ1) is 23.8. The van der Waals surface area contributed by atoms with Crippen molar-refractivity contribution in [1.29, 1.82) is 0 Å². The van der Waals surface area contributed by atoms with Crippen molar-refractivity contribution < 1.29 is 24.3 Å². The van der Waals surface area contributed by atoms with Crippen LogP contribution >= 0.6 is 0 Å². The van der Waals surface area contributed by atoms with Crippen molar-refractivity contribution in [2.45, 2.75) is 65.6 Å². The number of nitrogens with two attached hydrogens (primary N) is 1. The zero-order chi connectivity index (χ0) is 20.4. The van der Waals surface area contributed by atoms with Crippen molar-refractivity contribution in [1.82, 2.24) is 16.0 Å². The van der Waals surface area contributed by atoms with E-state index in [9.17, 15) is 24.3 Å². The topological polar surface area (TPSA) is 151 Å². The highest BCUT2D eigenvalue weighted by Gasteiger charge is 2.30. The minimum Gasteiger partial charge on any atom is -0.480 e. The van der Waals surface area contributed by atoms with Gasteiger partial charge in [-0.2, -0.15) is 0 Å². The summed E-state index contributed by atoms with van der Waals surface area (Å²) < 4.78 is 0. The fourth-order valence-corrected chi connectivity index (χ4v) is 2.26. The van der Waals surface area contributed by atoms with Gasteiger partial charge in [-0.05, 0) is 18.8 Å². The molecule has 0 aliphatic rings. The van der Waals surface area contributed by atoms with Crippen LogP contribution in [0.3, 0.4) is 0 Å². The molecule has 0 aromatic heterocycles. The third-order valence-electron chi connectivity index (χ3n) is 4.53. The number of carbonyl (C=O) groups is 4. The van der Waals surface area contributed by atoms with Crippen LogP contribution in [0.4, 0.5) is 0 Å². The van der Waals surface area contributed by atoms with Gasteiger partial charge in [0.25, 0.3) is 0 Å². The Kier molecular flexibility index (Phi) is 10.5. The summed E-state index contributed by atoms with van der Waals surface area (Å²) >= 11 is 0. The molecule has 6 N–H and O–H groups in total. The number of carboxylic acid groups (broad SMARTS) is 1. The van der Waals surface area contributed by atoms with Crippen LogP contribution in [-0.4, -0.2) is 53.5 Å². The molecule has 0 bridgehead atoms. The first-order chi connectivity index (χ1) is 12.1. The van der Waals surface area contributed by atoms with Gasteiger partial charge in [0.05, 0.1) is 6.54 Å². The summed E-state index contributed by atoms with van der Waals surface area (Å²) in [5.74, 6) is -3.12. The fourth-order valence-electron chi connectivity index (χ4n) is 2.26. The molecule has 0 radical (unpaired) electrons. The molecule has 0 aliphatic heterocycles. The molecule has 0 saturated carbocycles. The Bertz CT molecular complexity index is 511. The van der Waals surface area contributed by atoms with Crippen molar-refractivity contribution >= 4 is 23.7 Å². The first-order valence-corrected chi connectivity index (χ1v) is 8.91. The Balaban J connectivity index is 5.00. The number of amides is 3. The van der Waals surface area contributed by atoms with Crippen molar-refractivity contribution in [3.05, 3.63) is 0 Å². The van der Waals surface area contributed by atoms with Gasteiger partial charge >= 0.3 is 5.97 Å². The molecule has 9 heteroatoms. The number of carboxylic acids is 1. The number of hydrogen-bond donors (Lipinski definition) is 5. The van der Waals surface area contributed by atoms with E-state index in [0.717, 1.165) is 0 Å². The SMILES string of the molecule is CCC(C)[C@H](NC(=O)[C@H](C)NC(=O)[C@@H](NC(=O)CN)[C@@H](C)CC)C(=O)O. The van der Waals surface area contributed by atoms with E-state index in [1.165, 1.54) is 6.92 Å². The molecule has 0 aliphatic carbocycles. The second kappa shape index (κ2) is 11.5. The lowest BCUT2D eigenvalue weighted by molar-refractivity contribution is -0.143. The Labute approximate surface area is 154 Å². The molecule has 0 fully saturated rings. The first-order valence-electron chi connectivity index (χ1n) is 8.91. The molecule has 1 unspecified atom stereocenters. The van der Waals surface area contributed by atoms with Crippen LogP contribution in [-0.2, 0) is 19.2 Å². The highest BCUT2D eigenvalue weighted by Crippen LogP contribution is 2.10. The van der Waals surface area contributed by atoms with Crippen molar-refractivity contribution in [3.63, 3.8) is 0 Å². The highest BCUT2D eigenvalue weighted by molar-refractivity contribution is 5.93. The van der Waals surface area contributed by atoms with Crippen LogP contribution in [0.15, 0.2) is 0 Å². The molecule has 0 aromatic rings. The maximum absolute atomic E-state index is 12.5. The number of nitrogens with one attached hydrogen (secondary N) is 3. The zero-order valence-electron chi connectivity index (χ0n) is 16.2. The molecule has 0 aromatic carbocycles. The van der Waals surface area contributed by atoms with Gasteiger partial charge in [0.2, 0.25) is 17.7 Å². The molecule has 0 saturated heterocycles. The van der Waals surface area contributed by atoms with Crippen LogP contribution < -0.4 is 21.7 Å². The van der Waals surface area contributed by atoms with E-state index in [1.807, 2.05) is 13.8 Å². The predicted octanol–water partition coefficient (Wildman–Crippen LogP) is -0.404. The van der Waals surface area contributed by atoms with Gasteiger partial charge in [-0.3, -0.25) is 14.4 Å². The molecule has 0 rings (SSSR count). The molecular formula is C17H32N4O5. The van der Waals surface area contributed by atoms with Crippen LogP contribution in [0, 0.1) is 11.8 Å². The molecule has 5 atom stereocenters. The predicted molar refractivity (Wildman–Crippen MR) is 97.1 cm³/mol. The summed E-state index contributed by atoms with van der Waals surface area (Å²) in [6.45, 7) is 8.44. The van der Waals surface area contributed by atoms with Gasteiger partial charge < -0.3 is 26.8 Å². The zero-order valence-corrected chi connectivity index (χ0v) is 16.2. The van der Waals surface area contributed by atoms with Crippen LogP contribution in [0.1, 0.15) is 47.5 Å². The summed E-state index contributed by atoms with van der Waals surface area (Å²) in [5, 5.41) is 16.8. The van der Waals surface area contributed by atoms with E-state index in [2.05, 4.69) is 16.0 Å². The molecule has 9 nitrogen and oxygen atoms in total. The molecule has 3 amide bonds. The monoisotopic (exact) mass is 372 g/mol. The number of hydrogen-bond acceptors (Lipinski definition) is 5. The maximum Gasteiger partial charge on any atom is 0.326 e. The molecule has 26 heavy (non-hydrogen) atoms. The van der Waals surface area contributed by atoms with Gasteiger partial charge in [-0.1, -0.05) is 40.5 Å². The average Bonchev–Trinajstić information content (AvgIpc) is 2.61. The molecular weight excluding hydrogens is 340 g/mol. The summed E-state index contributed by atoms with van der Waals surface area (Å²) in [5.41, 5.74) is 5.27. The summed E-state index contributed by atoms with van der Waals surface area (Å²) in [6.07, 6.45) is 1.22. The quantitative estimate of drug-likeness (QED) is 0.333. The summed E-state index contributed by atoms with van der Waals surface area (Å²) in [4.78, 5) is 47.6. The number of carbonyl (C=O) groups excluding carboxylic acids is 3. The second-order valence-corrected chi connectivity index (χ2v) is 6.58. The summed E-state index contributed by atoms with van der Waals surface area (Å²) in [7, 11) is 0. The molecule has 0 spiro atoms. The highest BCUT2D eigenvalue weighted by atomic mass is 16.4. The normalized spacial score (nSPS) is 16.5. The Morgan fingerprint density at radius 1 is 0.846 bits per heavy atom. The van der Waals surface area contributed by atoms with E-state index >= 15 is 0 Å². The molecule has 150 valence electrons. The standard InChI is InChI=1S/C17H32N4O5/c1-6-9(3)13(20-12(22)8-18)16(24)19-11(5)15(23)21-14(17(25)26)10(4)7-2/h9-11,13-14H,6-8,18H2,1-5H3,(H,19,24)(H,20,22)(H,21,23)(H,25,26)/t9-,10?,11-,13-,14-/m0/s1. The van der Waals surface area contributed by atoms with E-state index in [-0.39, 0.29) is 18.4 Å². The van der Waals surface area contributed by atoms with Gasteiger partial charge in [-0.25, -0.2) is 4.79 Å². The Morgan fingerprint density at radius 2 is 1.35 bits per heavy atom. The van der Waals surface area contributed by atoms with E-state index < -0.39 is 41.8 Å². The number of rotatable bonds is 11. The lowest BCUT2D eigenvalue weighted by Crippen LogP contribution is -2.57. The lowest BCUT2D eigenvalue weighted by Gasteiger charge is -2.26. The smallest absolute Gasteiger partial charge is 0.326 e. The Morgan fingerprint density at radius 3 is 1.77 bits per heavy atom. The Hall–Kier alpha value is -2.16. The second-order valence-electron chi connectivity index (χ2n) is 6.58. The van der Waals surface area contributed by atoms with Gasteiger partial charge in [0.15, 0.2) is 0 Å². The minimum atomic E-state index is -1.13. The van der Waals surface area contributed by atoms with Crippen molar-refractivity contribution in [2.75, 3.05) is 6.54 Å². The number of aliphatic carboxylic acids is 1. The van der Waals surface area contributed by atoms with Gasteiger partial charge in [-0.15, -0.1) is 0 Å². The minimum absolute atomic E-state index is 0.160. The van der Waals surface area contributed by atoms with Crippen LogP contribution in [0.25, 0.3) is 0 Å². The van der Waals surface area contributed by atoms with Gasteiger partial charge in [0, 0.05) is 0 Å². The van der Waals surface area contributed by atoms with Crippen LogP contribution in [0.2, 0.25) is 0 Å². The third kappa shape index (κ3) is 7.38. The average molecular weight is 372 g/mol. The van der Waals surface area contributed by atoms with Crippen molar-refractivity contribution in [3.8, 4) is 0 Å².